The lowest BCUT2D eigenvalue weighted by atomic mass is 9.84. The second-order valence-electron chi connectivity index (χ2n) is 13.2. The molecule has 1 saturated carbocycles. The Morgan fingerprint density at radius 3 is 2.56 bits per heavy atom. The molecule has 1 aromatic heterocycles. The number of carbonyl (C=O) groups is 3. The molecule has 2 amide bonds. The summed E-state index contributed by atoms with van der Waals surface area (Å²) in [6, 6.07) is 4.12. The number of hydrogen-bond acceptors (Lipinski definition) is 14. The maximum atomic E-state index is 13.5. The Bertz CT molecular complexity index is 1810. The smallest absolute Gasteiger partial charge is 0.418 e. The van der Waals surface area contributed by atoms with Crippen molar-refractivity contribution in [1.82, 2.24) is 20.7 Å². The number of nitrogen functional groups attached to an aromatic ring is 1. The minimum atomic E-state index is -5.03. The number of amidine groups is 1. The summed E-state index contributed by atoms with van der Waals surface area (Å²) in [5.41, 5.74) is 9.05. The fourth-order valence-electron chi connectivity index (χ4n) is 6.07. The molecule has 0 radical (unpaired) electrons. The van der Waals surface area contributed by atoms with Gasteiger partial charge in [0.25, 0.3) is 17.4 Å². The number of carboxylic acids is 1. The van der Waals surface area contributed by atoms with Crippen molar-refractivity contribution in [2.45, 2.75) is 88.6 Å². The number of aryl methyl sites for hydroxylation is 1. The molecule has 50 heavy (non-hydrogen) atoms. The van der Waals surface area contributed by atoms with Crippen molar-refractivity contribution in [3.05, 3.63) is 40.4 Å². The zero-order valence-electron chi connectivity index (χ0n) is 27.5. The zero-order chi connectivity index (χ0) is 36.6. The molecular weight excluding hydrogens is 697 g/mol. The minimum absolute atomic E-state index is 0.0582. The number of hydrogen-bond donors (Lipinski definition) is 7. The Morgan fingerprint density at radius 1 is 1.26 bits per heavy atom. The number of oxime groups is 1. The average Bonchev–Trinajstić information content (AvgIpc) is 3.49. The summed E-state index contributed by atoms with van der Waals surface area (Å²) in [5.74, 6) is -2.31. The summed E-state index contributed by atoms with van der Waals surface area (Å²) in [7, 11) is -5.03. The van der Waals surface area contributed by atoms with Crippen LogP contribution in [0, 0.1) is 11.3 Å². The van der Waals surface area contributed by atoms with Gasteiger partial charge in [0.15, 0.2) is 16.9 Å². The number of anilines is 1. The predicted octanol–water partition coefficient (Wildman–Crippen LogP) is 0.956. The van der Waals surface area contributed by atoms with Crippen LogP contribution in [0.4, 0.5) is 5.13 Å². The van der Waals surface area contributed by atoms with E-state index in [1.54, 1.807) is 12.1 Å². The maximum Gasteiger partial charge on any atom is 0.418 e. The maximum absolute atomic E-state index is 13.5. The molecule has 0 spiro atoms. The summed E-state index contributed by atoms with van der Waals surface area (Å²) in [5, 5.41) is 30.2. The summed E-state index contributed by atoms with van der Waals surface area (Å²) < 4.78 is 41.8. The fourth-order valence-corrected chi connectivity index (χ4v) is 7.07. The number of fused-ring (bicyclic) bond motifs is 1. The number of carboxylic acid groups (broad SMARTS) is 1. The van der Waals surface area contributed by atoms with E-state index in [0.29, 0.717) is 35.3 Å². The monoisotopic (exact) mass is 736 g/mol. The summed E-state index contributed by atoms with van der Waals surface area (Å²) in [6.45, 7) is 4.66. The van der Waals surface area contributed by atoms with Gasteiger partial charge >= 0.3 is 16.4 Å². The first kappa shape index (κ1) is 36.9. The second kappa shape index (κ2) is 14.1. The van der Waals surface area contributed by atoms with Crippen LogP contribution in [0.3, 0.4) is 0 Å². The molecule has 2 fully saturated rings. The van der Waals surface area contributed by atoms with Crippen molar-refractivity contribution in [3.8, 4) is 5.75 Å². The lowest BCUT2D eigenvalue weighted by molar-refractivity contribution is -0.218. The highest BCUT2D eigenvalue weighted by molar-refractivity contribution is 7.80. The van der Waals surface area contributed by atoms with E-state index in [-0.39, 0.29) is 29.1 Å². The third-order valence-corrected chi connectivity index (χ3v) is 10.2. The standard InChI is InChI=1S/C30H40N8O10S2/c1-29(2)23(26(40)38(29)48-50(43,44)45)36-25(39)22(19-14-49-28(33)35-19)37-47-30(3,27(41)42)21-11-7-16-12-17(6-10-20(16)46-21)24(32)34-13-15-4-8-18(31)9-5-15/h6,10,12,14-15,18,21,23H,4-5,7-9,11,13,31H2,1-3H3,(H2,32,34)(H2,33,35)(H,36,39)(H,41,42)(H,43,44,45)/b37-22-/t15-,18+,21-,23-,30+/m1/s1. The number of aliphatic carboxylic acids is 1. The van der Waals surface area contributed by atoms with Crippen LogP contribution in [-0.4, -0.2) is 93.3 Å². The molecule has 1 aliphatic carbocycles. The first-order valence-electron chi connectivity index (χ1n) is 15.8. The number of thiazole rings is 1. The van der Waals surface area contributed by atoms with Crippen LogP contribution in [0.2, 0.25) is 0 Å². The molecule has 1 saturated heterocycles. The molecule has 0 unspecified atom stereocenters. The largest absolute Gasteiger partial charge is 0.485 e. The van der Waals surface area contributed by atoms with E-state index in [1.165, 1.54) is 26.2 Å². The van der Waals surface area contributed by atoms with Gasteiger partial charge in [0.05, 0.1) is 5.54 Å². The number of ether oxygens (including phenoxy) is 1. The van der Waals surface area contributed by atoms with Crippen LogP contribution in [0.1, 0.15) is 69.7 Å². The van der Waals surface area contributed by atoms with Crippen LogP contribution in [0.15, 0.2) is 28.7 Å². The van der Waals surface area contributed by atoms with Crippen molar-refractivity contribution in [2.24, 2.45) is 16.8 Å². The van der Waals surface area contributed by atoms with Gasteiger partial charge in [0.1, 0.15) is 23.3 Å². The van der Waals surface area contributed by atoms with Gasteiger partial charge in [-0.1, -0.05) is 5.16 Å². The Labute approximate surface area is 291 Å². The lowest BCUT2D eigenvalue weighted by Crippen LogP contribution is -2.76. The van der Waals surface area contributed by atoms with E-state index in [4.69, 9.17) is 31.0 Å². The fraction of sp³-hybridized carbons (Fsp3) is 0.533. The van der Waals surface area contributed by atoms with Crippen LogP contribution in [0.25, 0.3) is 0 Å². The third-order valence-electron chi connectivity index (χ3n) is 9.22. The molecule has 3 heterocycles. The molecule has 3 aliphatic rings. The molecule has 2 aromatic rings. The normalized spacial score (nSPS) is 24.5. The SMILES string of the molecule is CC1(C)[C@H](NC(=O)/C(=N\O[C@](C)(C(=O)O)[C@H]2CCc3cc(C(=N)NC[C@H]4CC[C@@H](N)CC4)ccc3O2)c2csc(N)n2)C(=O)N1OS(=O)(=O)O. The van der Waals surface area contributed by atoms with E-state index >= 15 is 0 Å². The quantitative estimate of drug-likeness (QED) is 0.0526. The molecule has 1 aromatic carbocycles. The van der Waals surface area contributed by atoms with Crippen LogP contribution >= 0.6 is 11.3 Å². The predicted molar refractivity (Wildman–Crippen MR) is 180 cm³/mol. The molecule has 272 valence electrons. The number of hydroxylamine groups is 2. The number of benzene rings is 1. The Morgan fingerprint density at radius 2 is 1.96 bits per heavy atom. The third kappa shape index (κ3) is 7.83. The van der Waals surface area contributed by atoms with Crippen molar-refractivity contribution in [3.63, 3.8) is 0 Å². The van der Waals surface area contributed by atoms with Gasteiger partial charge < -0.3 is 36.8 Å². The lowest BCUT2D eigenvalue weighted by Gasteiger charge is -2.50. The van der Waals surface area contributed by atoms with Gasteiger partial charge in [0, 0.05) is 23.5 Å². The van der Waals surface area contributed by atoms with E-state index in [9.17, 15) is 27.9 Å². The highest BCUT2D eigenvalue weighted by Gasteiger charge is 2.58. The Hall–Kier alpha value is -4.37. The van der Waals surface area contributed by atoms with Crippen LogP contribution < -0.4 is 26.8 Å². The van der Waals surface area contributed by atoms with Crippen molar-refractivity contribution in [2.75, 3.05) is 12.3 Å². The van der Waals surface area contributed by atoms with E-state index in [1.807, 2.05) is 6.07 Å². The molecule has 9 N–H and O–H groups in total. The zero-order valence-corrected chi connectivity index (χ0v) is 29.2. The number of amides is 2. The van der Waals surface area contributed by atoms with E-state index in [2.05, 4.69) is 25.1 Å². The van der Waals surface area contributed by atoms with Gasteiger partial charge in [-0.25, -0.2) is 9.78 Å². The summed E-state index contributed by atoms with van der Waals surface area (Å²) in [6.07, 6.45) is 3.51. The number of nitrogens with one attached hydrogen (secondary N) is 3. The van der Waals surface area contributed by atoms with Gasteiger partial charge in [-0.05, 0) is 89.0 Å². The molecule has 0 bridgehead atoms. The minimum Gasteiger partial charge on any atom is -0.485 e. The van der Waals surface area contributed by atoms with Gasteiger partial charge in [-0.2, -0.15) is 13.5 Å². The number of nitrogens with zero attached hydrogens (tertiary/aromatic N) is 3. The molecule has 18 nitrogen and oxygen atoms in total. The number of nitrogens with two attached hydrogens (primary N) is 2. The Balaban J connectivity index is 1.30. The van der Waals surface area contributed by atoms with Crippen LogP contribution in [0.5, 0.6) is 5.75 Å². The van der Waals surface area contributed by atoms with Crippen molar-refractivity contribution >= 4 is 56.2 Å². The molecule has 3 atom stereocenters. The summed E-state index contributed by atoms with van der Waals surface area (Å²) in [4.78, 5) is 48.4. The molecule has 5 rings (SSSR count). The topological polar surface area (TPSA) is 282 Å². The van der Waals surface area contributed by atoms with Crippen LogP contribution in [-0.2, 0) is 40.3 Å². The van der Waals surface area contributed by atoms with Gasteiger partial charge in [0.2, 0.25) is 0 Å². The number of rotatable bonds is 12. The number of carbonyl (C=O) groups excluding carboxylic acids is 2. The Kier molecular flexibility index (Phi) is 10.4. The van der Waals surface area contributed by atoms with Crippen molar-refractivity contribution in [1.29, 1.82) is 5.41 Å². The number of β-lactam (4-membered cyclic amide) rings is 1. The molecular formula is C30H40N8O10S2. The van der Waals surface area contributed by atoms with E-state index in [0.717, 1.165) is 42.6 Å². The number of aromatic nitrogens is 1. The summed E-state index contributed by atoms with van der Waals surface area (Å²) >= 11 is 0.965. The molecule has 20 heteroatoms. The first-order valence-corrected chi connectivity index (χ1v) is 18.0. The highest BCUT2D eigenvalue weighted by atomic mass is 32.3. The highest BCUT2D eigenvalue weighted by Crippen LogP contribution is 2.35. The van der Waals surface area contributed by atoms with E-state index < -0.39 is 57.2 Å². The van der Waals surface area contributed by atoms with Gasteiger partial charge in [-0.3, -0.25) is 19.6 Å². The average molecular weight is 737 g/mol. The second-order valence-corrected chi connectivity index (χ2v) is 15.1. The van der Waals surface area contributed by atoms with Gasteiger partial charge in [-0.15, -0.1) is 15.6 Å². The van der Waals surface area contributed by atoms with Crippen molar-refractivity contribution < 1.29 is 46.3 Å². The first-order chi connectivity index (χ1) is 23.4. The molecule has 2 aliphatic heterocycles.